The third-order valence-electron chi connectivity index (χ3n) is 4.05. The molecule has 1 heterocycles. The lowest BCUT2D eigenvalue weighted by molar-refractivity contribution is -0.123. The number of amides is 2. The number of rotatable bonds is 7. The number of halogens is 3. The number of aromatic nitrogens is 1. The standard InChI is InChI=1S/C21H18F3N3O2S2/c1-13-10-30-20(26-13)31-11-14-6-8-15(9-7-14)18(28)27-17-5-3-2-4-16(17)19(29)25-12-21(22,23)24/h2-10H,11-12H2,1H3,(H,25,29)(H,27,28). The number of carbonyl (C=O) groups excluding carboxylic acids is 2. The van der Waals surface area contributed by atoms with Crippen LogP contribution in [0.1, 0.15) is 32.0 Å². The highest BCUT2D eigenvalue weighted by atomic mass is 32.2. The maximum atomic E-state index is 12.6. The van der Waals surface area contributed by atoms with E-state index in [-0.39, 0.29) is 11.3 Å². The molecule has 3 rings (SSSR count). The number of thiazole rings is 1. The van der Waals surface area contributed by atoms with E-state index in [4.69, 9.17) is 0 Å². The van der Waals surface area contributed by atoms with Crippen molar-refractivity contribution in [2.75, 3.05) is 11.9 Å². The summed E-state index contributed by atoms with van der Waals surface area (Å²) in [5.41, 5.74) is 2.44. The summed E-state index contributed by atoms with van der Waals surface area (Å²) in [6.07, 6.45) is -4.52. The van der Waals surface area contributed by atoms with Gasteiger partial charge in [0.05, 0.1) is 11.3 Å². The van der Waals surface area contributed by atoms with E-state index < -0.39 is 24.5 Å². The Balaban J connectivity index is 1.63. The van der Waals surface area contributed by atoms with Gasteiger partial charge in [0.15, 0.2) is 0 Å². The Bertz CT molecular complexity index is 1070. The second-order valence-electron chi connectivity index (χ2n) is 6.54. The highest BCUT2D eigenvalue weighted by molar-refractivity contribution is 8.00. The lowest BCUT2D eigenvalue weighted by Crippen LogP contribution is -2.34. The lowest BCUT2D eigenvalue weighted by Gasteiger charge is -2.13. The molecule has 0 unspecified atom stereocenters. The summed E-state index contributed by atoms with van der Waals surface area (Å²) in [7, 11) is 0. The maximum Gasteiger partial charge on any atom is 0.405 e. The van der Waals surface area contributed by atoms with Crippen LogP contribution in [0.2, 0.25) is 0 Å². The molecule has 0 aliphatic carbocycles. The van der Waals surface area contributed by atoms with Crippen molar-refractivity contribution in [3.05, 3.63) is 76.3 Å². The molecule has 0 radical (unpaired) electrons. The number of carbonyl (C=O) groups is 2. The first-order chi connectivity index (χ1) is 14.7. The molecule has 0 aliphatic heterocycles. The first-order valence-electron chi connectivity index (χ1n) is 9.10. The Hall–Kier alpha value is -2.85. The van der Waals surface area contributed by atoms with Gasteiger partial charge in [0.1, 0.15) is 10.9 Å². The number of hydrogen-bond donors (Lipinski definition) is 2. The van der Waals surface area contributed by atoms with Crippen molar-refractivity contribution in [1.82, 2.24) is 10.3 Å². The Kier molecular flexibility index (Phi) is 7.34. The van der Waals surface area contributed by atoms with Gasteiger partial charge in [-0.15, -0.1) is 11.3 Å². The van der Waals surface area contributed by atoms with Crippen LogP contribution in [0, 0.1) is 6.92 Å². The molecule has 10 heteroatoms. The number of nitrogens with zero attached hydrogens (tertiary/aromatic N) is 1. The molecule has 2 aromatic carbocycles. The molecule has 0 saturated heterocycles. The van der Waals surface area contributed by atoms with Crippen LogP contribution in [0.3, 0.4) is 0 Å². The average molecular weight is 466 g/mol. The van der Waals surface area contributed by atoms with Crippen molar-refractivity contribution in [3.63, 3.8) is 0 Å². The van der Waals surface area contributed by atoms with E-state index in [0.29, 0.717) is 11.3 Å². The van der Waals surface area contributed by atoms with Gasteiger partial charge in [-0.2, -0.15) is 13.2 Å². The molecule has 0 fully saturated rings. The van der Waals surface area contributed by atoms with E-state index >= 15 is 0 Å². The van der Waals surface area contributed by atoms with Crippen molar-refractivity contribution < 1.29 is 22.8 Å². The average Bonchev–Trinajstić information content (AvgIpc) is 3.16. The fourth-order valence-electron chi connectivity index (χ4n) is 2.56. The maximum absolute atomic E-state index is 12.6. The van der Waals surface area contributed by atoms with Gasteiger partial charge in [0.2, 0.25) is 0 Å². The number of nitrogens with one attached hydrogen (secondary N) is 2. The molecule has 0 aliphatic rings. The number of benzene rings is 2. The Morgan fingerprint density at radius 2 is 1.77 bits per heavy atom. The zero-order valence-corrected chi connectivity index (χ0v) is 18.0. The molecule has 0 bridgehead atoms. The first-order valence-corrected chi connectivity index (χ1v) is 11.0. The molecule has 1 aromatic heterocycles. The number of anilines is 1. The van der Waals surface area contributed by atoms with Gasteiger partial charge in [-0.1, -0.05) is 36.0 Å². The highest BCUT2D eigenvalue weighted by Crippen LogP contribution is 2.26. The largest absolute Gasteiger partial charge is 0.405 e. The van der Waals surface area contributed by atoms with Crippen LogP contribution in [-0.2, 0) is 5.75 Å². The van der Waals surface area contributed by atoms with Crippen molar-refractivity contribution in [3.8, 4) is 0 Å². The highest BCUT2D eigenvalue weighted by Gasteiger charge is 2.28. The van der Waals surface area contributed by atoms with Crippen molar-refractivity contribution in [1.29, 1.82) is 0 Å². The Morgan fingerprint density at radius 3 is 2.42 bits per heavy atom. The van der Waals surface area contributed by atoms with E-state index in [1.165, 1.54) is 18.2 Å². The minimum absolute atomic E-state index is 0.0492. The predicted octanol–water partition coefficient (Wildman–Crippen LogP) is 5.29. The summed E-state index contributed by atoms with van der Waals surface area (Å²) in [6, 6.07) is 12.9. The van der Waals surface area contributed by atoms with Crippen molar-refractivity contribution >= 4 is 40.6 Å². The summed E-state index contributed by atoms with van der Waals surface area (Å²) in [5.74, 6) is -0.680. The fraction of sp³-hybridized carbons (Fsp3) is 0.190. The third-order valence-corrected chi connectivity index (χ3v) is 6.26. The van der Waals surface area contributed by atoms with E-state index in [1.54, 1.807) is 46.6 Å². The third kappa shape index (κ3) is 6.83. The second kappa shape index (κ2) is 9.97. The second-order valence-corrected chi connectivity index (χ2v) is 8.62. The quantitative estimate of drug-likeness (QED) is 0.465. The monoisotopic (exact) mass is 465 g/mol. The first kappa shape index (κ1) is 22.8. The zero-order valence-electron chi connectivity index (χ0n) is 16.3. The molecular weight excluding hydrogens is 447 g/mol. The lowest BCUT2D eigenvalue weighted by atomic mass is 10.1. The molecular formula is C21H18F3N3O2S2. The number of para-hydroxylation sites is 1. The molecule has 5 nitrogen and oxygen atoms in total. The number of alkyl halides is 3. The molecule has 31 heavy (non-hydrogen) atoms. The minimum Gasteiger partial charge on any atom is -0.343 e. The minimum atomic E-state index is -4.52. The predicted molar refractivity (Wildman–Crippen MR) is 116 cm³/mol. The fourth-order valence-corrected chi connectivity index (χ4v) is 4.36. The number of thioether (sulfide) groups is 1. The van der Waals surface area contributed by atoms with Gasteiger partial charge in [0, 0.05) is 22.4 Å². The van der Waals surface area contributed by atoms with E-state index in [9.17, 15) is 22.8 Å². The van der Waals surface area contributed by atoms with Crippen LogP contribution in [0.15, 0.2) is 58.3 Å². The van der Waals surface area contributed by atoms with E-state index in [2.05, 4.69) is 10.3 Å². The van der Waals surface area contributed by atoms with Crippen LogP contribution in [0.25, 0.3) is 0 Å². The number of aryl methyl sites for hydroxylation is 1. The van der Waals surface area contributed by atoms with Gasteiger partial charge in [-0.3, -0.25) is 9.59 Å². The summed E-state index contributed by atoms with van der Waals surface area (Å²) in [5, 5.41) is 6.38. The molecule has 0 spiro atoms. The summed E-state index contributed by atoms with van der Waals surface area (Å²) >= 11 is 3.18. The summed E-state index contributed by atoms with van der Waals surface area (Å²) in [4.78, 5) is 29.0. The van der Waals surface area contributed by atoms with Gasteiger partial charge in [0.25, 0.3) is 11.8 Å². The summed E-state index contributed by atoms with van der Waals surface area (Å²) < 4.78 is 38.1. The van der Waals surface area contributed by atoms with Crippen LogP contribution >= 0.6 is 23.1 Å². The normalized spacial score (nSPS) is 11.2. The molecule has 3 aromatic rings. The molecule has 0 saturated carbocycles. The Morgan fingerprint density at radius 1 is 1.06 bits per heavy atom. The molecule has 0 atom stereocenters. The van der Waals surface area contributed by atoms with E-state index in [1.807, 2.05) is 24.4 Å². The topological polar surface area (TPSA) is 71.1 Å². The molecule has 2 N–H and O–H groups in total. The van der Waals surface area contributed by atoms with Crippen LogP contribution in [0.4, 0.5) is 18.9 Å². The van der Waals surface area contributed by atoms with Crippen LogP contribution in [-0.4, -0.2) is 29.5 Å². The summed E-state index contributed by atoms with van der Waals surface area (Å²) in [6.45, 7) is 0.486. The Labute approximate surface area is 185 Å². The van der Waals surface area contributed by atoms with Crippen LogP contribution in [0.5, 0.6) is 0 Å². The zero-order chi connectivity index (χ0) is 22.4. The molecule has 162 valence electrons. The van der Waals surface area contributed by atoms with Gasteiger partial charge >= 0.3 is 6.18 Å². The number of hydrogen-bond acceptors (Lipinski definition) is 5. The molecule has 2 amide bonds. The van der Waals surface area contributed by atoms with Crippen LogP contribution < -0.4 is 10.6 Å². The van der Waals surface area contributed by atoms with Crippen molar-refractivity contribution in [2.45, 2.75) is 23.2 Å². The van der Waals surface area contributed by atoms with E-state index in [0.717, 1.165) is 15.6 Å². The van der Waals surface area contributed by atoms with Gasteiger partial charge in [-0.05, 0) is 36.8 Å². The van der Waals surface area contributed by atoms with Crippen molar-refractivity contribution in [2.24, 2.45) is 0 Å². The SMILES string of the molecule is Cc1csc(SCc2ccc(C(=O)Nc3ccccc3C(=O)NCC(F)(F)F)cc2)n1. The van der Waals surface area contributed by atoms with Gasteiger partial charge < -0.3 is 10.6 Å². The smallest absolute Gasteiger partial charge is 0.343 e. The van der Waals surface area contributed by atoms with Gasteiger partial charge in [-0.25, -0.2) is 4.98 Å².